The molecular weight excluding hydrogens is 377 g/mol. The summed E-state index contributed by atoms with van der Waals surface area (Å²) in [4.78, 5) is 28.2. The Kier molecular flexibility index (Phi) is 9.10. The van der Waals surface area contributed by atoms with E-state index in [1.165, 1.54) is 0 Å². The average Bonchev–Trinajstić information content (AvgIpc) is 2.62. The molecule has 0 aromatic carbocycles. The van der Waals surface area contributed by atoms with Crippen LogP contribution in [-0.4, -0.2) is 84.7 Å². The maximum Gasteiger partial charge on any atom is 0.147 e. The minimum Gasteiger partial charge on any atom is -0.549 e. The highest BCUT2D eigenvalue weighted by Gasteiger charge is 2.45. The van der Waals surface area contributed by atoms with Crippen molar-refractivity contribution >= 4 is 35.0 Å². The lowest BCUT2D eigenvalue weighted by atomic mass is 9.72. The molecule has 4 atom stereocenters. The van der Waals surface area contributed by atoms with Crippen LogP contribution in [0, 0.1) is 11.8 Å². The second kappa shape index (κ2) is 10.8. The number of fused-ring (bicyclic) bond motifs is 1. The smallest absolute Gasteiger partial charge is 0.147 e. The van der Waals surface area contributed by atoms with E-state index in [2.05, 4.69) is 15.1 Å². The second-order valence-electron chi connectivity index (χ2n) is 7.22. The molecule has 0 aromatic heterocycles. The predicted octanol–water partition coefficient (Wildman–Crippen LogP) is 0.164. The zero-order chi connectivity index (χ0) is 19.1. The van der Waals surface area contributed by atoms with Crippen LogP contribution in [-0.2, 0) is 9.59 Å². The highest BCUT2D eigenvalue weighted by Crippen LogP contribution is 2.35. The van der Waals surface area contributed by atoms with Crippen LogP contribution in [0.15, 0.2) is 0 Å². The van der Waals surface area contributed by atoms with Gasteiger partial charge in [-0.3, -0.25) is 14.6 Å². The van der Waals surface area contributed by atoms with Crippen molar-refractivity contribution in [2.45, 2.75) is 38.3 Å². The number of nitrogens with one attached hydrogen (secondary N) is 1. The summed E-state index contributed by atoms with van der Waals surface area (Å²) in [6.45, 7) is 6.47. The van der Waals surface area contributed by atoms with Crippen molar-refractivity contribution in [3.63, 3.8) is 0 Å². The third-order valence-electron chi connectivity index (χ3n) is 5.76. The van der Waals surface area contributed by atoms with Crippen LogP contribution in [0.25, 0.3) is 0 Å². The van der Waals surface area contributed by atoms with E-state index in [9.17, 15) is 14.7 Å². The molecule has 1 aliphatic heterocycles. The first-order valence-corrected chi connectivity index (χ1v) is 10.6. The van der Waals surface area contributed by atoms with Crippen LogP contribution in [0.4, 0.5) is 0 Å². The maximum absolute atomic E-state index is 12.5. The van der Waals surface area contributed by atoms with Gasteiger partial charge >= 0.3 is 0 Å². The number of halogens is 2. The van der Waals surface area contributed by atoms with E-state index in [0.29, 0.717) is 17.8 Å². The first-order chi connectivity index (χ1) is 12.5. The van der Waals surface area contributed by atoms with Gasteiger partial charge in [0.25, 0.3) is 0 Å². The summed E-state index contributed by atoms with van der Waals surface area (Å²) in [5.41, 5.74) is 0. The van der Waals surface area contributed by atoms with Crippen molar-refractivity contribution in [2.75, 3.05) is 51.0 Å². The maximum atomic E-state index is 12.5. The molecule has 0 radical (unpaired) electrons. The number of carbonyl (C=O) groups is 2. The monoisotopic (exact) mass is 406 g/mol. The fourth-order valence-corrected chi connectivity index (χ4v) is 4.82. The lowest BCUT2D eigenvalue weighted by molar-refractivity contribution is -0.311. The van der Waals surface area contributed by atoms with Crippen molar-refractivity contribution in [3.8, 4) is 0 Å². The summed E-state index contributed by atoms with van der Waals surface area (Å²) in [7, 11) is 0. The molecule has 0 bridgehead atoms. The minimum atomic E-state index is -1.23. The molecule has 2 rings (SSSR count). The number of carboxylic acids is 1. The van der Waals surface area contributed by atoms with Crippen LogP contribution < -0.4 is 10.4 Å². The molecule has 6 nitrogen and oxygen atoms in total. The topological polar surface area (TPSA) is 75.7 Å². The van der Waals surface area contributed by atoms with Gasteiger partial charge in [-0.05, 0) is 25.8 Å². The van der Waals surface area contributed by atoms with Gasteiger partial charge < -0.3 is 15.2 Å². The summed E-state index contributed by atoms with van der Waals surface area (Å²) < 4.78 is 0. The van der Waals surface area contributed by atoms with Crippen molar-refractivity contribution in [2.24, 2.45) is 11.8 Å². The molecule has 1 aliphatic carbocycles. The van der Waals surface area contributed by atoms with Crippen LogP contribution in [0.5, 0.6) is 0 Å². The SMILES string of the molecule is CCN1CC(C(=O)[O-])C(=O)C2CCC(NCCN(CCCl)CCCl)CC21. The van der Waals surface area contributed by atoms with Gasteiger partial charge in [0, 0.05) is 62.5 Å². The largest absolute Gasteiger partial charge is 0.549 e. The second-order valence-corrected chi connectivity index (χ2v) is 7.98. The summed E-state index contributed by atoms with van der Waals surface area (Å²) in [5.74, 6) is -1.32. The van der Waals surface area contributed by atoms with Crippen molar-refractivity contribution in [1.29, 1.82) is 0 Å². The van der Waals surface area contributed by atoms with Gasteiger partial charge in [0.05, 0.1) is 11.9 Å². The number of Topliss-reactive ketones (excluding diaryl/α,β-unsaturated/α-hetero) is 1. The molecule has 150 valence electrons. The highest BCUT2D eigenvalue weighted by molar-refractivity contribution is 6.18. The van der Waals surface area contributed by atoms with Gasteiger partial charge in [0.15, 0.2) is 0 Å². The van der Waals surface area contributed by atoms with E-state index in [1.54, 1.807) is 0 Å². The number of aliphatic carboxylic acids is 1. The van der Waals surface area contributed by atoms with Gasteiger partial charge in [-0.1, -0.05) is 6.92 Å². The van der Waals surface area contributed by atoms with Crippen LogP contribution >= 0.6 is 23.2 Å². The summed E-state index contributed by atoms with van der Waals surface area (Å²) in [6, 6.07) is 0.489. The van der Waals surface area contributed by atoms with Gasteiger partial charge in [0.2, 0.25) is 0 Å². The molecule has 1 saturated heterocycles. The first kappa shape index (κ1) is 21.9. The molecule has 4 unspecified atom stereocenters. The zero-order valence-electron chi connectivity index (χ0n) is 15.5. The molecule has 8 heteroatoms. The molecule has 1 saturated carbocycles. The molecule has 2 aliphatic rings. The molecule has 2 fully saturated rings. The number of rotatable bonds is 10. The lowest BCUT2D eigenvalue weighted by Crippen LogP contribution is -2.61. The highest BCUT2D eigenvalue weighted by atomic mass is 35.5. The Morgan fingerprint density at radius 2 is 1.96 bits per heavy atom. The van der Waals surface area contributed by atoms with E-state index in [-0.39, 0.29) is 24.3 Å². The zero-order valence-corrected chi connectivity index (χ0v) is 17.0. The normalized spacial score (nSPS) is 29.8. The van der Waals surface area contributed by atoms with E-state index in [0.717, 1.165) is 52.0 Å². The minimum absolute atomic E-state index is 0.131. The number of carbonyl (C=O) groups excluding carboxylic acids is 2. The molecule has 1 heterocycles. The van der Waals surface area contributed by atoms with E-state index >= 15 is 0 Å². The summed E-state index contributed by atoms with van der Waals surface area (Å²) in [5, 5.41) is 14.9. The lowest BCUT2D eigenvalue weighted by Gasteiger charge is -2.48. The van der Waals surface area contributed by atoms with Gasteiger partial charge in [-0.25, -0.2) is 0 Å². The third kappa shape index (κ3) is 5.55. The quantitative estimate of drug-likeness (QED) is 0.411. The average molecular weight is 407 g/mol. The summed E-state index contributed by atoms with van der Waals surface area (Å²) >= 11 is 11.7. The molecule has 26 heavy (non-hydrogen) atoms. The standard InChI is InChI=1S/C18H31Cl2N3O3/c1-2-23-12-15(18(25)26)17(24)14-4-3-13(11-16(14)23)21-7-10-22(8-5-19)9-6-20/h13-16,21H,2-12H2,1H3,(H,25,26)/p-1. The van der Waals surface area contributed by atoms with Crippen LogP contribution in [0.3, 0.4) is 0 Å². The van der Waals surface area contributed by atoms with E-state index in [4.69, 9.17) is 23.2 Å². The van der Waals surface area contributed by atoms with Crippen molar-refractivity contribution < 1.29 is 14.7 Å². The number of alkyl halides is 2. The third-order valence-corrected chi connectivity index (χ3v) is 6.10. The van der Waals surface area contributed by atoms with Crippen LogP contribution in [0.2, 0.25) is 0 Å². The molecule has 1 N–H and O–H groups in total. The number of nitrogens with zero attached hydrogens (tertiary/aromatic N) is 2. The number of likely N-dealkylation sites (tertiary alicyclic amines) is 1. The fraction of sp³-hybridized carbons (Fsp3) is 0.889. The number of ketones is 1. The van der Waals surface area contributed by atoms with E-state index in [1.807, 2.05) is 6.92 Å². The van der Waals surface area contributed by atoms with Gasteiger partial charge in [0.1, 0.15) is 5.78 Å². The Balaban J connectivity index is 1.87. The Labute approximate surface area is 166 Å². The Morgan fingerprint density at radius 3 is 2.54 bits per heavy atom. The molecule has 0 spiro atoms. The number of piperidine rings is 1. The Morgan fingerprint density at radius 1 is 1.27 bits per heavy atom. The molecular formula is C18H30Cl2N3O3-. The van der Waals surface area contributed by atoms with Gasteiger partial charge in [-0.2, -0.15) is 0 Å². The number of hydrogen-bond donors (Lipinski definition) is 1. The predicted molar refractivity (Wildman–Crippen MR) is 102 cm³/mol. The Bertz CT molecular complexity index is 475. The van der Waals surface area contributed by atoms with Crippen molar-refractivity contribution in [3.05, 3.63) is 0 Å². The number of carboxylic acid groups (broad SMARTS) is 1. The fourth-order valence-electron chi connectivity index (χ4n) is 4.34. The van der Waals surface area contributed by atoms with Crippen molar-refractivity contribution in [1.82, 2.24) is 15.1 Å². The van der Waals surface area contributed by atoms with Crippen LogP contribution in [0.1, 0.15) is 26.2 Å². The first-order valence-electron chi connectivity index (χ1n) is 9.58. The Hall–Kier alpha value is -0.400. The summed E-state index contributed by atoms with van der Waals surface area (Å²) in [6.07, 6.45) is 2.53. The number of hydrogen-bond acceptors (Lipinski definition) is 6. The molecule has 0 aromatic rings. The van der Waals surface area contributed by atoms with Gasteiger partial charge in [-0.15, -0.1) is 23.2 Å². The van der Waals surface area contributed by atoms with E-state index < -0.39 is 11.9 Å². The molecule has 0 amide bonds.